The van der Waals surface area contributed by atoms with E-state index in [0.29, 0.717) is 6.42 Å². The van der Waals surface area contributed by atoms with Crippen molar-refractivity contribution < 1.29 is 140 Å². The van der Waals surface area contributed by atoms with Crippen molar-refractivity contribution in [3.63, 3.8) is 0 Å². The Labute approximate surface area is 463 Å². The van der Waals surface area contributed by atoms with Crippen molar-refractivity contribution in [1.29, 1.82) is 0 Å². The maximum atomic E-state index is 11.8. The first-order valence-corrected chi connectivity index (χ1v) is 29.0. The Bertz CT molecular complexity index is 1180. The zero-order valence-electron chi connectivity index (χ0n) is 42.5. The Morgan fingerprint density at radius 1 is 0.266 bits per heavy atom. The fraction of sp³-hybridized carbons (Fsp3) is 1.00. The molecule has 64 heavy (non-hydrogen) atoms. The Hall–Kier alpha value is 2.61. The van der Waals surface area contributed by atoms with Crippen LogP contribution in [0.2, 0.25) is 0 Å². The van der Waals surface area contributed by atoms with Crippen LogP contribution in [0.3, 0.4) is 0 Å². The number of hydrogen-bond donors (Lipinski definition) is 0. The van der Waals surface area contributed by atoms with Crippen molar-refractivity contribution in [1.82, 2.24) is 0 Å². The van der Waals surface area contributed by atoms with Crippen LogP contribution in [0.25, 0.3) is 0 Å². The Morgan fingerprint density at radius 3 is 0.562 bits per heavy atom. The van der Waals surface area contributed by atoms with Crippen LogP contribution < -0.4 is 88.7 Å². The first-order chi connectivity index (χ1) is 29.2. The van der Waals surface area contributed by atoms with E-state index in [1.54, 1.807) is 0 Å². The van der Waals surface area contributed by atoms with Gasteiger partial charge in [-0.05, 0) is 19.3 Å². The SMILES string of the molecule is CCCCCCCCCCCCCCCCCCOS(=O)(=O)OCCCCCCCCCCCC.CCCCCCCCCCCCCCCCOS(=O)(=O)[O-].O=S(=O)([O-])[O-].[Na+].[Na+].[Na+]. The summed E-state index contributed by atoms with van der Waals surface area (Å²) in [5.41, 5.74) is 0. The topological polar surface area (TPSA) is 199 Å². The summed E-state index contributed by atoms with van der Waals surface area (Å²) >= 11 is 0. The average molecular weight is 1010 g/mol. The van der Waals surface area contributed by atoms with Gasteiger partial charge in [-0.25, -0.2) is 16.8 Å². The molecule has 0 bridgehead atoms. The fourth-order valence-electron chi connectivity index (χ4n) is 7.05. The van der Waals surface area contributed by atoms with E-state index < -0.39 is 31.2 Å². The van der Waals surface area contributed by atoms with Gasteiger partial charge in [0.1, 0.15) is 0 Å². The third-order valence-corrected chi connectivity index (χ3v) is 12.0. The van der Waals surface area contributed by atoms with E-state index in [0.717, 1.165) is 44.9 Å². The van der Waals surface area contributed by atoms with Crippen LogP contribution in [0.15, 0.2) is 0 Å². The van der Waals surface area contributed by atoms with E-state index in [1.165, 1.54) is 205 Å². The van der Waals surface area contributed by atoms with Crippen LogP contribution in [0.5, 0.6) is 0 Å². The van der Waals surface area contributed by atoms with E-state index in [1.807, 2.05) is 0 Å². The maximum Gasteiger partial charge on any atom is 1.00 e. The smallest absolute Gasteiger partial charge is 0.759 e. The molecule has 0 unspecified atom stereocenters. The molecular weight excluding hydrogens is 910 g/mol. The summed E-state index contributed by atoms with van der Waals surface area (Å²) in [5.74, 6) is 0. The Kier molecular flexibility index (Phi) is 75.3. The van der Waals surface area contributed by atoms with Gasteiger partial charge in [-0.15, -0.1) is 0 Å². The zero-order valence-corrected chi connectivity index (χ0v) is 51.0. The molecule has 0 N–H and O–H groups in total. The molecular formula is C46H95Na3O12S3. The van der Waals surface area contributed by atoms with Crippen LogP contribution in [0, 0.1) is 0 Å². The molecule has 0 heterocycles. The molecule has 12 nitrogen and oxygen atoms in total. The summed E-state index contributed by atoms with van der Waals surface area (Å²) < 4.78 is 102. The summed E-state index contributed by atoms with van der Waals surface area (Å²) in [4.78, 5) is 0. The molecule has 0 aliphatic heterocycles. The second-order valence-electron chi connectivity index (χ2n) is 16.8. The van der Waals surface area contributed by atoms with Gasteiger partial charge in [-0.1, -0.05) is 258 Å². The van der Waals surface area contributed by atoms with Gasteiger partial charge in [0, 0.05) is 10.4 Å². The van der Waals surface area contributed by atoms with Gasteiger partial charge in [0.15, 0.2) is 0 Å². The van der Waals surface area contributed by atoms with Gasteiger partial charge >= 0.3 is 99.1 Å². The molecule has 0 saturated carbocycles. The molecule has 0 saturated heterocycles. The van der Waals surface area contributed by atoms with Gasteiger partial charge in [0.2, 0.25) is 10.4 Å². The van der Waals surface area contributed by atoms with Gasteiger partial charge in [0.25, 0.3) is 0 Å². The Morgan fingerprint density at radius 2 is 0.406 bits per heavy atom. The molecule has 0 fully saturated rings. The van der Waals surface area contributed by atoms with E-state index in [4.69, 9.17) is 25.9 Å². The quantitative estimate of drug-likeness (QED) is 0.0340. The predicted molar refractivity (Wildman–Crippen MR) is 249 cm³/mol. The van der Waals surface area contributed by atoms with E-state index >= 15 is 0 Å². The fourth-order valence-corrected chi connectivity index (χ4v) is 8.09. The third-order valence-electron chi connectivity index (χ3n) is 10.7. The van der Waals surface area contributed by atoms with Gasteiger partial charge in [-0.3, -0.25) is 12.6 Å². The van der Waals surface area contributed by atoms with Crippen molar-refractivity contribution in [3.8, 4) is 0 Å². The minimum absolute atomic E-state index is 0. The summed E-state index contributed by atoms with van der Waals surface area (Å²) in [5, 5.41) is 0. The Balaban J connectivity index is -0.000000247. The molecule has 0 amide bonds. The van der Waals surface area contributed by atoms with Gasteiger partial charge in [-0.2, -0.15) is 8.42 Å². The third kappa shape index (κ3) is 87.7. The van der Waals surface area contributed by atoms with Crippen LogP contribution >= 0.6 is 0 Å². The van der Waals surface area contributed by atoms with E-state index in [9.17, 15) is 21.4 Å². The zero-order chi connectivity index (χ0) is 46.0. The number of rotatable bonds is 46. The maximum absolute atomic E-state index is 11.8. The average Bonchev–Trinajstić information content (AvgIpc) is 3.19. The summed E-state index contributed by atoms with van der Waals surface area (Å²) in [6.07, 6.45) is 50.5. The minimum atomic E-state index is -5.17. The van der Waals surface area contributed by atoms with Crippen LogP contribution in [-0.2, 0) is 43.7 Å². The molecule has 0 aromatic carbocycles. The summed E-state index contributed by atoms with van der Waals surface area (Å²) in [7, 11) is -13.5. The van der Waals surface area contributed by atoms with Crippen molar-refractivity contribution >= 4 is 31.2 Å². The molecule has 0 aliphatic rings. The van der Waals surface area contributed by atoms with Crippen molar-refractivity contribution in [3.05, 3.63) is 0 Å². The van der Waals surface area contributed by atoms with Crippen LogP contribution in [0.1, 0.15) is 278 Å². The first-order valence-electron chi connectivity index (χ1n) is 25.0. The van der Waals surface area contributed by atoms with E-state index in [-0.39, 0.29) is 108 Å². The minimum Gasteiger partial charge on any atom is -0.759 e. The van der Waals surface area contributed by atoms with Gasteiger partial charge < -0.3 is 13.7 Å². The molecule has 0 aromatic rings. The van der Waals surface area contributed by atoms with Gasteiger partial charge in [0.05, 0.1) is 19.8 Å². The molecule has 0 rings (SSSR count). The normalized spacial score (nSPS) is 11.3. The largest absolute Gasteiger partial charge is 1.00 e. The number of hydrogen-bond acceptors (Lipinski definition) is 12. The van der Waals surface area contributed by atoms with Crippen LogP contribution in [0.4, 0.5) is 0 Å². The molecule has 0 atom stereocenters. The summed E-state index contributed by atoms with van der Waals surface area (Å²) in [6.45, 7) is 7.30. The molecule has 18 heteroatoms. The van der Waals surface area contributed by atoms with Crippen molar-refractivity contribution in [2.24, 2.45) is 0 Å². The van der Waals surface area contributed by atoms with Crippen molar-refractivity contribution in [2.75, 3.05) is 19.8 Å². The second-order valence-corrected chi connectivity index (χ2v) is 19.9. The van der Waals surface area contributed by atoms with E-state index in [2.05, 4.69) is 25.0 Å². The second kappa shape index (κ2) is 61.7. The standard InChI is InChI=1S/C30H62O4S.C16H34O4S.3Na.H2O4S/c1-3-5-7-9-11-13-15-16-17-18-19-20-22-24-26-28-30-34-35(31,32)33-29-27-25-23-21-14-12-10-8-6-4-2;1-2-3-4-5-6-7-8-9-10-11-12-13-14-15-16-20-21(17,18)19;;;;1-5(2,3)4/h3-30H2,1-2H3;2-16H2,1H3,(H,17,18,19);;;;(H2,1,2,3,4)/q;;3*+1;/p-3. The monoisotopic (exact) mass is 1000 g/mol. The molecule has 0 aliphatic carbocycles. The predicted octanol–water partition coefficient (Wildman–Crippen LogP) is 5.07. The van der Waals surface area contributed by atoms with Crippen LogP contribution in [-0.4, -0.2) is 58.7 Å². The first kappa shape index (κ1) is 78.1. The number of unbranched alkanes of at least 4 members (excludes halogenated alkanes) is 37. The summed E-state index contributed by atoms with van der Waals surface area (Å²) in [6, 6.07) is 0. The molecule has 372 valence electrons. The molecule has 0 aromatic heterocycles. The molecule has 0 spiro atoms. The van der Waals surface area contributed by atoms with Crippen molar-refractivity contribution in [2.45, 2.75) is 278 Å². The molecule has 0 radical (unpaired) electrons.